The van der Waals surface area contributed by atoms with Crippen molar-refractivity contribution in [1.29, 1.82) is 5.26 Å². The van der Waals surface area contributed by atoms with Gasteiger partial charge in [-0.15, -0.1) is 11.3 Å². The number of hydrogen-bond donors (Lipinski definition) is 2. The van der Waals surface area contributed by atoms with Crippen molar-refractivity contribution in [3.05, 3.63) is 16.1 Å². The zero-order valence-corrected chi connectivity index (χ0v) is 8.14. The third-order valence-electron chi connectivity index (χ3n) is 1.52. The van der Waals surface area contributed by atoms with Crippen LogP contribution >= 0.6 is 11.3 Å². The van der Waals surface area contributed by atoms with Gasteiger partial charge in [-0.1, -0.05) is 0 Å². The zero-order chi connectivity index (χ0) is 9.68. The summed E-state index contributed by atoms with van der Waals surface area (Å²) >= 11 is 1.52. The Kier molecular flexibility index (Phi) is 3.83. The molecule has 0 saturated heterocycles. The van der Waals surface area contributed by atoms with Crippen LogP contribution in [0.5, 0.6) is 0 Å². The summed E-state index contributed by atoms with van der Waals surface area (Å²) in [5.74, 6) is 0. The van der Waals surface area contributed by atoms with E-state index in [0.717, 1.165) is 10.7 Å². The average Bonchev–Trinajstić information content (AvgIpc) is 2.54. The van der Waals surface area contributed by atoms with Gasteiger partial charge in [0.1, 0.15) is 6.04 Å². The van der Waals surface area contributed by atoms with E-state index in [1.54, 1.807) is 0 Å². The van der Waals surface area contributed by atoms with Gasteiger partial charge in [0.25, 0.3) is 0 Å². The highest BCUT2D eigenvalue weighted by molar-refractivity contribution is 7.09. The van der Waals surface area contributed by atoms with Crippen molar-refractivity contribution in [2.45, 2.75) is 13.0 Å². The van der Waals surface area contributed by atoms with E-state index in [1.807, 2.05) is 12.3 Å². The largest absolute Gasteiger partial charge is 0.395 e. The van der Waals surface area contributed by atoms with Gasteiger partial charge in [0, 0.05) is 11.9 Å². The molecule has 70 valence electrons. The van der Waals surface area contributed by atoms with Crippen molar-refractivity contribution in [1.82, 2.24) is 10.3 Å². The molecule has 0 aliphatic rings. The molecule has 1 atom stereocenters. The maximum absolute atomic E-state index is 8.79. The molecule has 1 rings (SSSR count). The van der Waals surface area contributed by atoms with Crippen molar-refractivity contribution < 1.29 is 5.11 Å². The van der Waals surface area contributed by atoms with Crippen LogP contribution in [0.4, 0.5) is 0 Å². The van der Waals surface area contributed by atoms with Crippen molar-refractivity contribution in [2.24, 2.45) is 0 Å². The fourth-order valence-corrected chi connectivity index (χ4v) is 1.58. The Morgan fingerprint density at radius 3 is 3.08 bits per heavy atom. The third-order valence-corrected chi connectivity index (χ3v) is 2.31. The Morgan fingerprint density at radius 1 is 1.85 bits per heavy atom. The molecule has 1 aromatic rings. The number of aliphatic hydroxyl groups excluding tert-OH is 1. The highest BCUT2D eigenvalue weighted by Crippen LogP contribution is 2.15. The molecule has 0 amide bonds. The second kappa shape index (κ2) is 4.92. The average molecular weight is 197 g/mol. The number of aliphatic hydroxyl groups is 1. The molecule has 0 saturated carbocycles. The predicted molar refractivity (Wildman–Crippen MR) is 50.3 cm³/mol. The Labute approximate surface area is 80.9 Å². The summed E-state index contributed by atoms with van der Waals surface area (Å²) in [6.45, 7) is 2.34. The van der Waals surface area contributed by atoms with Crippen LogP contribution in [0.15, 0.2) is 5.38 Å². The quantitative estimate of drug-likeness (QED) is 0.741. The number of nitriles is 1. The van der Waals surface area contributed by atoms with Gasteiger partial charge in [-0.05, 0) is 6.92 Å². The molecule has 13 heavy (non-hydrogen) atoms. The summed E-state index contributed by atoms with van der Waals surface area (Å²) in [6.07, 6.45) is 0. The van der Waals surface area contributed by atoms with Crippen molar-refractivity contribution >= 4 is 11.3 Å². The molecule has 0 spiro atoms. The minimum atomic E-state index is -0.405. The lowest BCUT2D eigenvalue weighted by molar-refractivity contribution is 0.289. The highest BCUT2D eigenvalue weighted by Gasteiger charge is 2.11. The van der Waals surface area contributed by atoms with E-state index in [9.17, 15) is 0 Å². The zero-order valence-electron chi connectivity index (χ0n) is 7.32. The summed E-state index contributed by atoms with van der Waals surface area (Å²) in [6, 6.07) is 1.68. The number of thiazole rings is 1. The van der Waals surface area contributed by atoms with Crippen LogP contribution in [-0.2, 0) is 0 Å². The fraction of sp³-hybridized carbons (Fsp3) is 0.500. The first-order chi connectivity index (χ1) is 6.27. The molecule has 0 aromatic carbocycles. The smallest absolute Gasteiger partial charge is 0.139 e. The number of rotatable bonds is 4. The molecule has 0 bridgehead atoms. The summed E-state index contributed by atoms with van der Waals surface area (Å²) in [5, 5.41) is 23.0. The van der Waals surface area contributed by atoms with Crippen molar-refractivity contribution in [2.75, 3.05) is 13.2 Å². The maximum atomic E-state index is 8.79. The topological polar surface area (TPSA) is 68.9 Å². The van der Waals surface area contributed by atoms with E-state index < -0.39 is 6.04 Å². The Balaban J connectivity index is 2.63. The molecule has 1 aromatic heterocycles. The standard InChI is InChI=1S/C8H11N3OS/c1-6-11-8(5-13-6)7(4-9)10-2-3-12/h5,7,10,12H,2-3H2,1H3. The lowest BCUT2D eigenvalue weighted by Gasteiger charge is -2.06. The van der Waals surface area contributed by atoms with Crippen LogP contribution in [0.25, 0.3) is 0 Å². The van der Waals surface area contributed by atoms with Crippen molar-refractivity contribution in [3.63, 3.8) is 0 Å². The van der Waals surface area contributed by atoms with Gasteiger partial charge in [-0.2, -0.15) is 5.26 Å². The van der Waals surface area contributed by atoms with Crippen LogP contribution < -0.4 is 5.32 Å². The van der Waals surface area contributed by atoms with E-state index in [0.29, 0.717) is 6.54 Å². The first-order valence-corrected chi connectivity index (χ1v) is 4.81. The maximum Gasteiger partial charge on any atom is 0.139 e. The lowest BCUT2D eigenvalue weighted by atomic mass is 10.2. The van der Waals surface area contributed by atoms with E-state index in [1.165, 1.54) is 11.3 Å². The van der Waals surface area contributed by atoms with Crippen molar-refractivity contribution in [3.8, 4) is 6.07 Å². The molecule has 0 fully saturated rings. The molecule has 5 heteroatoms. The van der Waals surface area contributed by atoms with Gasteiger partial charge in [0.15, 0.2) is 0 Å². The van der Waals surface area contributed by atoms with Crippen LogP contribution in [0.2, 0.25) is 0 Å². The Hall–Kier alpha value is -0.960. The van der Waals surface area contributed by atoms with Gasteiger partial charge in [-0.25, -0.2) is 4.98 Å². The van der Waals surface area contributed by atoms with E-state index in [2.05, 4.69) is 16.4 Å². The molecule has 0 aliphatic carbocycles. The van der Waals surface area contributed by atoms with Gasteiger partial charge < -0.3 is 5.11 Å². The van der Waals surface area contributed by atoms with Gasteiger partial charge in [-0.3, -0.25) is 5.32 Å². The highest BCUT2D eigenvalue weighted by atomic mass is 32.1. The molecular formula is C8H11N3OS. The Morgan fingerprint density at radius 2 is 2.62 bits per heavy atom. The molecule has 4 nitrogen and oxygen atoms in total. The van der Waals surface area contributed by atoms with Crippen LogP contribution in [0.3, 0.4) is 0 Å². The summed E-state index contributed by atoms with van der Waals surface area (Å²) in [7, 11) is 0. The van der Waals surface area contributed by atoms with E-state index in [4.69, 9.17) is 10.4 Å². The second-order valence-corrected chi connectivity index (χ2v) is 3.59. The normalized spacial score (nSPS) is 12.4. The third kappa shape index (κ3) is 2.77. The molecule has 1 unspecified atom stereocenters. The number of aryl methyl sites for hydroxylation is 1. The minimum Gasteiger partial charge on any atom is -0.395 e. The van der Waals surface area contributed by atoms with E-state index in [-0.39, 0.29) is 6.61 Å². The van der Waals surface area contributed by atoms with Crippen LogP contribution in [0.1, 0.15) is 16.7 Å². The van der Waals surface area contributed by atoms with Gasteiger partial charge in [0.2, 0.25) is 0 Å². The Bertz CT molecular complexity index is 305. The summed E-state index contributed by atoms with van der Waals surface area (Å²) in [4.78, 5) is 4.19. The van der Waals surface area contributed by atoms with Crippen LogP contribution in [-0.4, -0.2) is 23.2 Å². The molecule has 0 aliphatic heterocycles. The summed E-state index contributed by atoms with van der Waals surface area (Å²) in [5.41, 5.74) is 0.735. The SMILES string of the molecule is Cc1nc(C(C#N)NCCO)cs1. The second-order valence-electron chi connectivity index (χ2n) is 2.53. The first kappa shape index (κ1) is 10.1. The fourth-order valence-electron chi connectivity index (χ4n) is 0.938. The van der Waals surface area contributed by atoms with Crippen LogP contribution in [0, 0.1) is 18.3 Å². The molecule has 2 N–H and O–H groups in total. The van der Waals surface area contributed by atoms with Gasteiger partial charge >= 0.3 is 0 Å². The number of hydrogen-bond acceptors (Lipinski definition) is 5. The molecular weight excluding hydrogens is 186 g/mol. The monoisotopic (exact) mass is 197 g/mol. The van der Waals surface area contributed by atoms with Gasteiger partial charge in [0.05, 0.1) is 23.4 Å². The number of nitrogens with one attached hydrogen (secondary N) is 1. The predicted octanol–water partition coefficient (Wildman–Crippen LogP) is 0.598. The number of aromatic nitrogens is 1. The molecule has 0 radical (unpaired) electrons. The summed E-state index contributed by atoms with van der Waals surface area (Å²) < 4.78 is 0. The lowest BCUT2D eigenvalue weighted by Crippen LogP contribution is -2.23. The van der Waals surface area contributed by atoms with E-state index >= 15 is 0 Å². The number of nitrogens with zero attached hydrogens (tertiary/aromatic N) is 2. The molecule has 1 heterocycles. The minimum absolute atomic E-state index is 0.0291. The first-order valence-electron chi connectivity index (χ1n) is 3.94.